The van der Waals surface area contributed by atoms with Crippen LogP contribution in [-0.4, -0.2) is 23.5 Å². The Morgan fingerprint density at radius 2 is 1.61 bits per heavy atom. The third kappa shape index (κ3) is 6.18. The van der Waals surface area contributed by atoms with Crippen molar-refractivity contribution >= 4 is 0 Å². The molecule has 0 spiro atoms. The molecule has 0 heterocycles. The molecule has 1 fully saturated rings. The van der Waals surface area contributed by atoms with Crippen LogP contribution in [0.4, 0.5) is 13.2 Å². The molecular weight excluding hydrogens is 421 g/mol. The molecule has 0 aliphatic heterocycles. The molecule has 3 rings (SSSR count). The van der Waals surface area contributed by atoms with E-state index >= 15 is 0 Å². The predicted molar refractivity (Wildman–Crippen MR) is 127 cm³/mol. The van der Waals surface area contributed by atoms with Crippen LogP contribution in [0.25, 0.3) is 0 Å². The van der Waals surface area contributed by atoms with Crippen LogP contribution in [-0.2, 0) is 18.0 Å². The van der Waals surface area contributed by atoms with E-state index in [2.05, 4.69) is 56.0 Å². The van der Waals surface area contributed by atoms with Crippen molar-refractivity contribution in [3.63, 3.8) is 0 Å². The number of hydrogen-bond acceptors (Lipinski definition) is 2. The first kappa shape index (κ1) is 25.3. The maximum absolute atomic E-state index is 13.1. The van der Waals surface area contributed by atoms with E-state index in [1.807, 2.05) is 6.07 Å². The number of nitrogens with zero attached hydrogens (tertiary/aromatic N) is 2. The van der Waals surface area contributed by atoms with E-state index in [1.165, 1.54) is 17.7 Å². The summed E-state index contributed by atoms with van der Waals surface area (Å²) in [5.74, 6) is 0.230. The highest BCUT2D eigenvalue weighted by Gasteiger charge is 2.47. The first-order valence-electron chi connectivity index (χ1n) is 12.1. The number of benzene rings is 2. The highest BCUT2D eigenvalue weighted by molar-refractivity contribution is 5.38. The van der Waals surface area contributed by atoms with Crippen molar-refractivity contribution in [1.82, 2.24) is 4.90 Å². The smallest absolute Gasteiger partial charge is 0.298 e. The van der Waals surface area contributed by atoms with Crippen LogP contribution in [0, 0.1) is 17.2 Å². The molecule has 0 saturated heterocycles. The van der Waals surface area contributed by atoms with Gasteiger partial charge in [0.1, 0.15) is 0 Å². The maximum atomic E-state index is 13.1. The van der Waals surface area contributed by atoms with Gasteiger partial charge in [-0.3, -0.25) is 4.90 Å². The maximum Gasteiger partial charge on any atom is 0.416 e. The van der Waals surface area contributed by atoms with Crippen molar-refractivity contribution < 1.29 is 13.2 Å². The van der Waals surface area contributed by atoms with Gasteiger partial charge in [0, 0.05) is 18.6 Å². The molecule has 2 aromatic rings. The minimum absolute atomic E-state index is 0.230. The lowest BCUT2D eigenvalue weighted by atomic mass is 9.72. The molecule has 1 saturated carbocycles. The SMILES string of the molecule is CCC(CCC(C#N)(c1ccc(C(F)(F)F)cc1)C1CC1)N(CCc1ccccc1)C(C)C. The third-order valence-corrected chi connectivity index (χ3v) is 7.18. The molecule has 2 aromatic carbocycles. The van der Waals surface area contributed by atoms with Crippen LogP contribution in [0.15, 0.2) is 54.6 Å². The molecule has 0 N–H and O–H groups in total. The number of alkyl halides is 3. The van der Waals surface area contributed by atoms with Crippen LogP contribution < -0.4 is 0 Å². The van der Waals surface area contributed by atoms with Gasteiger partial charge in [0.05, 0.1) is 17.0 Å². The van der Waals surface area contributed by atoms with Crippen molar-refractivity contribution in [3.8, 4) is 6.07 Å². The summed E-state index contributed by atoms with van der Waals surface area (Å²) in [6.45, 7) is 7.55. The largest absolute Gasteiger partial charge is 0.416 e. The minimum atomic E-state index is -4.36. The lowest BCUT2D eigenvalue weighted by Crippen LogP contribution is -2.42. The van der Waals surface area contributed by atoms with Gasteiger partial charge < -0.3 is 0 Å². The summed E-state index contributed by atoms with van der Waals surface area (Å²) in [7, 11) is 0. The third-order valence-electron chi connectivity index (χ3n) is 7.18. The summed E-state index contributed by atoms with van der Waals surface area (Å²) < 4.78 is 39.2. The second kappa shape index (κ2) is 10.7. The van der Waals surface area contributed by atoms with E-state index in [9.17, 15) is 18.4 Å². The summed E-state index contributed by atoms with van der Waals surface area (Å²) in [4.78, 5) is 2.52. The van der Waals surface area contributed by atoms with E-state index in [0.29, 0.717) is 18.5 Å². The standard InChI is InChI=1S/C28H35F3N2/c1-4-26(33(21(2)3)19-17-22-8-6-5-7-9-22)16-18-27(20-32,23-10-11-23)24-12-14-25(15-13-24)28(29,30)31/h5-9,12-15,21,23,26H,4,10-11,16-19H2,1-3H3. The zero-order valence-corrected chi connectivity index (χ0v) is 19.9. The fourth-order valence-electron chi connectivity index (χ4n) is 5.09. The monoisotopic (exact) mass is 456 g/mol. The molecule has 0 amide bonds. The van der Waals surface area contributed by atoms with Crippen LogP contribution in [0.5, 0.6) is 0 Å². The number of rotatable bonds is 11. The second-order valence-corrected chi connectivity index (χ2v) is 9.60. The lowest BCUT2D eigenvalue weighted by Gasteiger charge is -2.37. The summed E-state index contributed by atoms with van der Waals surface area (Å²) in [5, 5.41) is 10.3. The van der Waals surface area contributed by atoms with Gasteiger partial charge in [-0.2, -0.15) is 18.4 Å². The Bertz CT molecular complexity index is 911. The van der Waals surface area contributed by atoms with Gasteiger partial charge in [-0.05, 0) is 81.5 Å². The topological polar surface area (TPSA) is 27.0 Å². The Morgan fingerprint density at radius 1 is 1.00 bits per heavy atom. The molecule has 2 atom stereocenters. The quantitative estimate of drug-likeness (QED) is 0.352. The summed E-state index contributed by atoms with van der Waals surface area (Å²) in [6.07, 6.45) is 1.05. The number of hydrogen-bond donors (Lipinski definition) is 0. The second-order valence-electron chi connectivity index (χ2n) is 9.60. The molecule has 0 radical (unpaired) electrons. The Kier molecular flexibility index (Phi) is 8.23. The summed E-state index contributed by atoms with van der Waals surface area (Å²) >= 11 is 0. The molecule has 1 aliphatic carbocycles. The van der Waals surface area contributed by atoms with Crippen LogP contribution in [0.3, 0.4) is 0 Å². The summed E-state index contributed by atoms with van der Waals surface area (Å²) in [6, 6.07) is 19.0. The molecule has 33 heavy (non-hydrogen) atoms. The van der Waals surface area contributed by atoms with E-state index in [1.54, 1.807) is 0 Å². The van der Waals surface area contributed by atoms with Crippen LogP contribution >= 0.6 is 0 Å². The Balaban J connectivity index is 1.76. The Labute approximate surface area is 196 Å². The zero-order valence-electron chi connectivity index (χ0n) is 19.9. The van der Waals surface area contributed by atoms with Gasteiger partial charge in [-0.15, -0.1) is 0 Å². The average Bonchev–Trinajstić information content (AvgIpc) is 3.64. The molecular formula is C28H35F3N2. The fourth-order valence-corrected chi connectivity index (χ4v) is 5.09. The van der Waals surface area contributed by atoms with Crippen molar-refractivity contribution in [2.45, 2.75) is 83.0 Å². The molecule has 5 heteroatoms. The van der Waals surface area contributed by atoms with Gasteiger partial charge in [0.15, 0.2) is 0 Å². The van der Waals surface area contributed by atoms with E-state index in [4.69, 9.17) is 0 Å². The number of halogens is 3. The van der Waals surface area contributed by atoms with Gasteiger partial charge in [0.2, 0.25) is 0 Å². The van der Waals surface area contributed by atoms with E-state index < -0.39 is 17.2 Å². The first-order chi connectivity index (χ1) is 15.7. The lowest BCUT2D eigenvalue weighted by molar-refractivity contribution is -0.137. The van der Waals surface area contributed by atoms with Crippen LogP contribution in [0.1, 0.15) is 69.6 Å². The zero-order chi connectivity index (χ0) is 24.1. The Morgan fingerprint density at radius 3 is 2.09 bits per heavy atom. The molecule has 2 nitrogen and oxygen atoms in total. The van der Waals surface area contributed by atoms with Gasteiger partial charge >= 0.3 is 6.18 Å². The molecule has 178 valence electrons. The number of nitriles is 1. The fraction of sp³-hybridized carbons (Fsp3) is 0.536. The van der Waals surface area contributed by atoms with Gasteiger partial charge in [-0.1, -0.05) is 49.4 Å². The molecule has 1 aliphatic rings. The van der Waals surface area contributed by atoms with E-state index in [-0.39, 0.29) is 5.92 Å². The molecule has 2 unspecified atom stereocenters. The summed E-state index contributed by atoms with van der Waals surface area (Å²) in [5.41, 5.74) is 0.676. The van der Waals surface area contributed by atoms with Crippen molar-refractivity contribution in [2.24, 2.45) is 5.92 Å². The first-order valence-corrected chi connectivity index (χ1v) is 12.1. The highest BCUT2D eigenvalue weighted by Crippen LogP contribution is 2.50. The Hall–Kier alpha value is -2.32. The molecule has 0 bridgehead atoms. The van der Waals surface area contributed by atoms with Crippen molar-refractivity contribution in [1.29, 1.82) is 5.26 Å². The van der Waals surface area contributed by atoms with E-state index in [0.717, 1.165) is 56.3 Å². The molecule has 0 aromatic heterocycles. The average molecular weight is 457 g/mol. The minimum Gasteiger partial charge on any atom is -0.298 e. The van der Waals surface area contributed by atoms with Crippen molar-refractivity contribution in [2.75, 3.05) is 6.54 Å². The normalized spacial score (nSPS) is 17.1. The van der Waals surface area contributed by atoms with Crippen LogP contribution in [0.2, 0.25) is 0 Å². The van der Waals surface area contributed by atoms with Gasteiger partial charge in [-0.25, -0.2) is 0 Å². The van der Waals surface area contributed by atoms with Crippen molar-refractivity contribution in [3.05, 3.63) is 71.3 Å². The predicted octanol–water partition coefficient (Wildman–Crippen LogP) is 7.39. The highest BCUT2D eigenvalue weighted by atomic mass is 19.4. The van der Waals surface area contributed by atoms with Gasteiger partial charge in [0.25, 0.3) is 0 Å².